The first-order valence-electron chi connectivity index (χ1n) is 8.32. The van der Waals surface area contributed by atoms with Crippen molar-refractivity contribution in [3.05, 3.63) is 57.7 Å². The van der Waals surface area contributed by atoms with Crippen molar-refractivity contribution < 1.29 is 9.50 Å². The third-order valence-electron chi connectivity index (χ3n) is 4.98. The van der Waals surface area contributed by atoms with E-state index in [1.807, 2.05) is 0 Å². The lowest BCUT2D eigenvalue weighted by molar-refractivity contribution is 0.429. The van der Waals surface area contributed by atoms with Crippen molar-refractivity contribution in [2.24, 2.45) is 5.18 Å². The summed E-state index contributed by atoms with van der Waals surface area (Å²) in [5.74, 6) is -0.492. The topological polar surface area (TPSA) is 54.6 Å². The van der Waals surface area contributed by atoms with Gasteiger partial charge in [0.05, 0.1) is 12.1 Å². The summed E-state index contributed by atoms with van der Waals surface area (Å²) in [5.41, 5.74) is 4.11. The SMILES string of the molecule is [B]c1ccc2c(c1)c(N=O)c(O)n2Cc1cc(F)cc2c1CCCC2. The van der Waals surface area contributed by atoms with E-state index in [1.165, 1.54) is 6.07 Å². The normalized spacial score (nSPS) is 13.8. The molecule has 124 valence electrons. The molecule has 0 aliphatic heterocycles. The zero-order valence-electron chi connectivity index (χ0n) is 13.6. The molecule has 2 aromatic carbocycles. The van der Waals surface area contributed by atoms with E-state index in [0.29, 0.717) is 16.4 Å². The maximum Gasteiger partial charge on any atom is 0.222 e. The third-order valence-corrected chi connectivity index (χ3v) is 4.98. The van der Waals surface area contributed by atoms with Gasteiger partial charge in [0.25, 0.3) is 0 Å². The molecule has 4 rings (SSSR count). The molecule has 6 heteroatoms. The number of fused-ring (bicyclic) bond motifs is 2. The Morgan fingerprint density at radius 3 is 2.80 bits per heavy atom. The Morgan fingerprint density at radius 2 is 2.00 bits per heavy atom. The fraction of sp³-hybridized carbons (Fsp3) is 0.263. The fourth-order valence-corrected chi connectivity index (χ4v) is 3.82. The number of benzene rings is 2. The molecular formula is C19H16BFN2O2. The van der Waals surface area contributed by atoms with Gasteiger partial charge >= 0.3 is 0 Å². The highest BCUT2D eigenvalue weighted by molar-refractivity contribution is 6.33. The van der Waals surface area contributed by atoms with Gasteiger partial charge in [-0.3, -0.25) is 0 Å². The number of nitroso groups, excluding NO2 is 1. The minimum atomic E-state index is -0.274. The lowest BCUT2D eigenvalue weighted by Crippen LogP contribution is -2.10. The predicted molar refractivity (Wildman–Crippen MR) is 96.6 cm³/mol. The number of halogens is 1. The van der Waals surface area contributed by atoms with E-state index in [9.17, 15) is 14.4 Å². The fourth-order valence-electron chi connectivity index (χ4n) is 3.82. The maximum absolute atomic E-state index is 14.0. The summed E-state index contributed by atoms with van der Waals surface area (Å²) in [5, 5.41) is 13.9. The van der Waals surface area contributed by atoms with E-state index < -0.39 is 0 Å². The highest BCUT2D eigenvalue weighted by Gasteiger charge is 2.20. The van der Waals surface area contributed by atoms with Crippen LogP contribution in [-0.2, 0) is 19.4 Å². The highest BCUT2D eigenvalue weighted by atomic mass is 19.1. The van der Waals surface area contributed by atoms with Crippen molar-refractivity contribution in [2.75, 3.05) is 0 Å². The van der Waals surface area contributed by atoms with Crippen molar-refractivity contribution >= 4 is 29.9 Å². The summed E-state index contributed by atoms with van der Waals surface area (Å²) < 4.78 is 15.6. The molecule has 0 atom stereocenters. The second-order valence-electron chi connectivity index (χ2n) is 6.54. The van der Waals surface area contributed by atoms with E-state index in [-0.39, 0.29) is 23.9 Å². The molecule has 0 spiro atoms. The van der Waals surface area contributed by atoms with E-state index in [2.05, 4.69) is 5.18 Å². The molecule has 0 unspecified atom stereocenters. The second-order valence-corrected chi connectivity index (χ2v) is 6.54. The van der Waals surface area contributed by atoms with Crippen molar-refractivity contribution in [1.82, 2.24) is 4.57 Å². The number of aryl methyl sites for hydroxylation is 1. The zero-order chi connectivity index (χ0) is 17.6. The smallest absolute Gasteiger partial charge is 0.222 e. The molecule has 1 aliphatic carbocycles. The first kappa shape index (κ1) is 15.9. The van der Waals surface area contributed by atoms with Gasteiger partial charge in [-0.25, -0.2) is 4.39 Å². The standard InChI is InChI=1S/C19H16BFN2O2/c20-13-5-6-17-16(9-13)18(22-25)19(24)23(17)10-12-8-14(21)7-11-3-1-2-4-15(11)12/h5-9,24H,1-4,10H2. The zero-order valence-corrected chi connectivity index (χ0v) is 13.6. The average Bonchev–Trinajstić information content (AvgIpc) is 2.85. The van der Waals surface area contributed by atoms with Crippen LogP contribution in [0.3, 0.4) is 0 Å². The molecule has 1 aromatic heterocycles. The molecule has 1 N–H and O–H groups in total. The van der Waals surface area contributed by atoms with E-state index in [1.54, 1.807) is 28.8 Å². The molecule has 2 radical (unpaired) electrons. The van der Waals surface area contributed by atoms with Gasteiger partial charge in [-0.2, -0.15) is 0 Å². The Kier molecular flexibility index (Phi) is 3.83. The van der Waals surface area contributed by atoms with Crippen molar-refractivity contribution in [1.29, 1.82) is 0 Å². The Morgan fingerprint density at radius 1 is 1.20 bits per heavy atom. The quantitative estimate of drug-likeness (QED) is 0.588. The third kappa shape index (κ3) is 2.62. The summed E-state index contributed by atoms with van der Waals surface area (Å²) in [7, 11) is 5.79. The van der Waals surface area contributed by atoms with Crippen molar-refractivity contribution in [3.8, 4) is 5.88 Å². The largest absolute Gasteiger partial charge is 0.493 e. The second kappa shape index (κ2) is 6.03. The minimum Gasteiger partial charge on any atom is -0.493 e. The van der Waals surface area contributed by atoms with Gasteiger partial charge in [0.2, 0.25) is 5.88 Å². The van der Waals surface area contributed by atoms with Gasteiger partial charge in [-0.1, -0.05) is 17.6 Å². The predicted octanol–water partition coefficient (Wildman–Crippen LogP) is 3.60. The number of hydrogen-bond acceptors (Lipinski definition) is 3. The summed E-state index contributed by atoms with van der Waals surface area (Å²) in [4.78, 5) is 11.2. The number of nitrogens with zero attached hydrogens (tertiary/aromatic N) is 2. The van der Waals surface area contributed by atoms with Crippen LogP contribution < -0.4 is 5.46 Å². The molecule has 1 aliphatic rings. The molecule has 0 bridgehead atoms. The number of aromatic nitrogens is 1. The van der Waals surface area contributed by atoms with Gasteiger partial charge in [0.15, 0.2) is 5.69 Å². The van der Waals surface area contributed by atoms with E-state index >= 15 is 0 Å². The van der Waals surface area contributed by atoms with Crippen LogP contribution in [0.25, 0.3) is 10.9 Å². The van der Waals surface area contributed by atoms with Crippen LogP contribution in [0.5, 0.6) is 5.88 Å². The van der Waals surface area contributed by atoms with Crippen LogP contribution in [0.4, 0.5) is 10.1 Å². The Bertz CT molecular complexity index is 997. The van der Waals surface area contributed by atoms with E-state index in [4.69, 9.17) is 7.85 Å². The lowest BCUT2D eigenvalue weighted by Gasteiger charge is -2.20. The summed E-state index contributed by atoms with van der Waals surface area (Å²) in [6.45, 7) is 0.280. The molecule has 3 aromatic rings. The molecular weight excluding hydrogens is 318 g/mol. The Hall–Kier alpha value is -2.63. The van der Waals surface area contributed by atoms with Gasteiger partial charge in [0.1, 0.15) is 13.7 Å². The van der Waals surface area contributed by atoms with Crippen LogP contribution in [0.15, 0.2) is 35.5 Å². The number of rotatable bonds is 3. The first-order valence-corrected chi connectivity index (χ1v) is 8.32. The molecule has 1 heterocycles. The molecule has 0 amide bonds. The van der Waals surface area contributed by atoms with Gasteiger partial charge in [0, 0.05) is 5.39 Å². The average molecular weight is 334 g/mol. The van der Waals surface area contributed by atoms with Gasteiger partial charge in [-0.05, 0) is 65.7 Å². The van der Waals surface area contributed by atoms with Crippen LogP contribution in [0, 0.1) is 10.7 Å². The monoisotopic (exact) mass is 334 g/mol. The lowest BCUT2D eigenvalue weighted by atomic mass is 9.88. The minimum absolute atomic E-state index is 0.0347. The van der Waals surface area contributed by atoms with Gasteiger partial charge in [-0.15, -0.1) is 4.91 Å². The van der Waals surface area contributed by atoms with Crippen LogP contribution in [-0.4, -0.2) is 17.5 Å². The first-order chi connectivity index (χ1) is 12.1. The van der Waals surface area contributed by atoms with Crippen LogP contribution in [0.2, 0.25) is 0 Å². The van der Waals surface area contributed by atoms with Crippen LogP contribution >= 0.6 is 0 Å². The maximum atomic E-state index is 14.0. The van der Waals surface area contributed by atoms with Crippen molar-refractivity contribution in [2.45, 2.75) is 32.2 Å². The van der Waals surface area contributed by atoms with Crippen molar-refractivity contribution in [3.63, 3.8) is 0 Å². The Labute approximate surface area is 145 Å². The highest BCUT2D eigenvalue weighted by Crippen LogP contribution is 2.39. The summed E-state index contributed by atoms with van der Waals surface area (Å²) in [6.07, 6.45) is 3.90. The molecule has 4 nitrogen and oxygen atoms in total. The number of hydrogen-bond donors (Lipinski definition) is 1. The molecule has 0 saturated heterocycles. The Balaban J connectivity index is 1.89. The molecule has 25 heavy (non-hydrogen) atoms. The molecule has 0 fully saturated rings. The molecule has 0 saturated carbocycles. The van der Waals surface area contributed by atoms with Crippen LogP contribution in [0.1, 0.15) is 29.5 Å². The van der Waals surface area contributed by atoms with Gasteiger partial charge < -0.3 is 9.67 Å². The summed E-state index contributed by atoms with van der Waals surface area (Å²) >= 11 is 0. The number of aromatic hydroxyl groups is 1. The van der Waals surface area contributed by atoms with E-state index in [0.717, 1.165) is 42.4 Å². The summed E-state index contributed by atoms with van der Waals surface area (Å²) in [6, 6.07) is 8.17.